The van der Waals surface area contributed by atoms with E-state index in [-0.39, 0.29) is 17.9 Å². The van der Waals surface area contributed by atoms with Crippen molar-refractivity contribution >= 4 is 22.9 Å². The Kier molecular flexibility index (Phi) is 3.97. The molecular formula is C18H23N7O. The highest BCUT2D eigenvalue weighted by Crippen LogP contribution is 2.36. The Bertz CT molecular complexity index is 965. The summed E-state index contributed by atoms with van der Waals surface area (Å²) < 4.78 is 3.78. The molecule has 0 bridgehead atoms. The standard InChI is InChI=1S/C18H23N7O/c1-10(2)15-7-13(14-8-20-25(11(3)4)16(14)21-15)17(26)22-18-23-19-9-24(18)12-5-6-12/h7-12H,5-6H2,1-4H3,(H,22,23,26). The van der Waals surface area contributed by atoms with Crippen molar-refractivity contribution in [3.8, 4) is 0 Å². The first-order valence-electron chi connectivity index (χ1n) is 9.04. The van der Waals surface area contributed by atoms with Crippen molar-refractivity contribution in [2.75, 3.05) is 5.32 Å². The monoisotopic (exact) mass is 353 g/mol. The molecule has 136 valence electrons. The topological polar surface area (TPSA) is 90.5 Å². The van der Waals surface area contributed by atoms with Crippen LogP contribution >= 0.6 is 0 Å². The van der Waals surface area contributed by atoms with E-state index in [1.165, 1.54) is 0 Å². The van der Waals surface area contributed by atoms with E-state index in [1.807, 2.05) is 29.2 Å². The lowest BCUT2D eigenvalue weighted by molar-refractivity contribution is 0.102. The fourth-order valence-electron chi connectivity index (χ4n) is 3.02. The van der Waals surface area contributed by atoms with Crippen LogP contribution < -0.4 is 5.32 Å². The SMILES string of the molecule is CC(C)c1cc(C(=O)Nc2nncn2C2CC2)c2cnn(C(C)C)c2n1. The molecule has 8 heteroatoms. The van der Waals surface area contributed by atoms with Crippen molar-refractivity contribution in [3.05, 3.63) is 29.8 Å². The minimum absolute atomic E-state index is 0.163. The van der Waals surface area contributed by atoms with Crippen LogP contribution in [-0.4, -0.2) is 35.4 Å². The Morgan fingerprint density at radius 3 is 2.69 bits per heavy atom. The predicted molar refractivity (Wildman–Crippen MR) is 98.2 cm³/mol. The molecular weight excluding hydrogens is 330 g/mol. The smallest absolute Gasteiger partial charge is 0.258 e. The molecule has 1 saturated carbocycles. The number of anilines is 1. The van der Waals surface area contributed by atoms with Crippen molar-refractivity contribution in [3.63, 3.8) is 0 Å². The van der Waals surface area contributed by atoms with Gasteiger partial charge in [-0.3, -0.25) is 14.7 Å². The maximum Gasteiger partial charge on any atom is 0.258 e. The maximum absolute atomic E-state index is 13.0. The molecule has 0 aromatic carbocycles. The number of hydrogen-bond acceptors (Lipinski definition) is 5. The number of aromatic nitrogens is 6. The van der Waals surface area contributed by atoms with Crippen LogP contribution in [0.1, 0.15) is 74.6 Å². The van der Waals surface area contributed by atoms with Gasteiger partial charge in [0.25, 0.3) is 5.91 Å². The number of hydrogen-bond donors (Lipinski definition) is 1. The van der Waals surface area contributed by atoms with Crippen LogP contribution in [0.2, 0.25) is 0 Å². The van der Waals surface area contributed by atoms with Crippen LogP contribution in [0, 0.1) is 0 Å². The summed E-state index contributed by atoms with van der Waals surface area (Å²) in [5.74, 6) is 0.485. The normalized spacial score (nSPS) is 14.5. The van der Waals surface area contributed by atoms with Crippen LogP contribution in [0.25, 0.3) is 11.0 Å². The summed E-state index contributed by atoms with van der Waals surface area (Å²) in [4.78, 5) is 17.8. The Hall–Kier alpha value is -2.77. The van der Waals surface area contributed by atoms with Gasteiger partial charge in [0.05, 0.1) is 17.1 Å². The molecule has 0 radical (unpaired) electrons. The minimum Gasteiger partial charge on any atom is -0.297 e. The van der Waals surface area contributed by atoms with Gasteiger partial charge in [-0.25, -0.2) is 9.67 Å². The zero-order valence-corrected chi connectivity index (χ0v) is 15.5. The first kappa shape index (κ1) is 16.7. The summed E-state index contributed by atoms with van der Waals surface area (Å²) >= 11 is 0. The zero-order chi connectivity index (χ0) is 18.4. The lowest BCUT2D eigenvalue weighted by Crippen LogP contribution is -2.17. The van der Waals surface area contributed by atoms with Gasteiger partial charge in [-0.2, -0.15) is 5.10 Å². The number of fused-ring (bicyclic) bond motifs is 1. The third-order valence-corrected chi connectivity index (χ3v) is 4.65. The van der Waals surface area contributed by atoms with Crippen molar-refractivity contribution < 1.29 is 4.79 Å². The molecule has 1 fully saturated rings. The van der Waals surface area contributed by atoms with Gasteiger partial charge >= 0.3 is 0 Å². The van der Waals surface area contributed by atoms with E-state index in [0.29, 0.717) is 17.6 Å². The summed E-state index contributed by atoms with van der Waals surface area (Å²) in [6.45, 7) is 8.23. The summed E-state index contributed by atoms with van der Waals surface area (Å²) in [6, 6.07) is 2.41. The minimum atomic E-state index is -0.211. The van der Waals surface area contributed by atoms with Gasteiger partial charge in [-0.15, -0.1) is 10.2 Å². The molecule has 0 saturated heterocycles. The van der Waals surface area contributed by atoms with E-state index in [9.17, 15) is 4.79 Å². The lowest BCUT2D eigenvalue weighted by atomic mass is 10.0. The summed E-state index contributed by atoms with van der Waals surface area (Å²) in [5, 5.41) is 16.1. The highest BCUT2D eigenvalue weighted by molar-refractivity contribution is 6.11. The molecule has 1 N–H and O–H groups in total. The number of pyridine rings is 1. The van der Waals surface area contributed by atoms with Crippen LogP contribution in [0.4, 0.5) is 5.95 Å². The molecule has 3 heterocycles. The Balaban J connectivity index is 1.76. The third kappa shape index (κ3) is 2.85. The Morgan fingerprint density at radius 2 is 2.04 bits per heavy atom. The van der Waals surface area contributed by atoms with E-state index in [4.69, 9.17) is 4.98 Å². The number of nitrogens with zero attached hydrogens (tertiary/aromatic N) is 6. The zero-order valence-electron chi connectivity index (χ0n) is 15.5. The summed E-state index contributed by atoms with van der Waals surface area (Å²) in [5.41, 5.74) is 2.17. The van der Waals surface area contributed by atoms with Crippen LogP contribution in [-0.2, 0) is 0 Å². The molecule has 0 unspecified atom stereocenters. The second kappa shape index (κ2) is 6.19. The molecule has 26 heavy (non-hydrogen) atoms. The number of rotatable bonds is 5. The van der Waals surface area contributed by atoms with Crippen LogP contribution in [0.3, 0.4) is 0 Å². The molecule has 4 rings (SSSR count). The van der Waals surface area contributed by atoms with Gasteiger partial charge in [0.1, 0.15) is 6.33 Å². The first-order chi connectivity index (χ1) is 12.5. The molecule has 1 aliphatic rings. The molecule has 0 atom stereocenters. The fraction of sp³-hybridized carbons (Fsp3) is 0.500. The van der Waals surface area contributed by atoms with E-state index in [2.05, 4.69) is 34.5 Å². The average molecular weight is 353 g/mol. The Morgan fingerprint density at radius 1 is 1.27 bits per heavy atom. The molecule has 1 amide bonds. The molecule has 0 aliphatic heterocycles. The largest absolute Gasteiger partial charge is 0.297 e. The predicted octanol–water partition coefficient (Wildman–Crippen LogP) is 3.31. The second-order valence-electron chi connectivity index (χ2n) is 7.42. The van der Waals surface area contributed by atoms with Gasteiger partial charge in [0.15, 0.2) is 5.65 Å². The number of carbonyl (C=O) groups is 1. The molecule has 0 spiro atoms. The quantitative estimate of drug-likeness (QED) is 0.760. The van der Waals surface area contributed by atoms with Gasteiger partial charge < -0.3 is 0 Å². The van der Waals surface area contributed by atoms with Crippen molar-refractivity contribution in [1.29, 1.82) is 0 Å². The van der Waals surface area contributed by atoms with Gasteiger partial charge in [0.2, 0.25) is 5.95 Å². The van der Waals surface area contributed by atoms with Gasteiger partial charge in [-0.05, 0) is 38.7 Å². The fourth-order valence-corrected chi connectivity index (χ4v) is 3.02. The average Bonchev–Trinajstić information content (AvgIpc) is 3.17. The molecule has 8 nitrogen and oxygen atoms in total. The highest BCUT2D eigenvalue weighted by Gasteiger charge is 2.27. The third-order valence-electron chi connectivity index (χ3n) is 4.65. The summed E-state index contributed by atoms with van der Waals surface area (Å²) in [6.07, 6.45) is 5.58. The van der Waals surface area contributed by atoms with E-state index in [1.54, 1.807) is 12.5 Å². The van der Waals surface area contributed by atoms with E-state index >= 15 is 0 Å². The number of nitrogens with one attached hydrogen (secondary N) is 1. The highest BCUT2D eigenvalue weighted by atomic mass is 16.1. The Labute approximate surface area is 151 Å². The van der Waals surface area contributed by atoms with Gasteiger partial charge in [0, 0.05) is 17.8 Å². The van der Waals surface area contributed by atoms with E-state index in [0.717, 1.165) is 29.6 Å². The lowest BCUT2D eigenvalue weighted by Gasteiger charge is -2.12. The van der Waals surface area contributed by atoms with Crippen molar-refractivity contribution in [1.82, 2.24) is 29.5 Å². The van der Waals surface area contributed by atoms with Gasteiger partial charge in [-0.1, -0.05) is 13.8 Å². The van der Waals surface area contributed by atoms with Crippen LogP contribution in [0.5, 0.6) is 0 Å². The molecule has 3 aromatic heterocycles. The number of carbonyl (C=O) groups excluding carboxylic acids is 1. The molecule has 3 aromatic rings. The summed E-state index contributed by atoms with van der Waals surface area (Å²) in [7, 11) is 0. The maximum atomic E-state index is 13.0. The van der Waals surface area contributed by atoms with E-state index < -0.39 is 0 Å². The first-order valence-corrected chi connectivity index (χ1v) is 9.04. The van der Waals surface area contributed by atoms with Crippen molar-refractivity contribution in [2.24, 2.45) is 0 Å². The van der Waals surface area contributed by atoms with Crippen LogP contribution in [0.15, 0.2) is 18.6 Å². The second-order valence-corrected chi connectivity index (χ2v) is 7.42. The number of amides is 1. The van der Waals surface area contributed by atoms with Crippen molar-refractivity contribution in [2.45, 2.75) is 58.5 Å². The molecule has 1 aliphatic carbocycles.